The Morgan fingerprint density at radius 2 is 2.11 bits per heavy atom. The van der Waals surface area contributed by atoms with Crippen molar-refractivity contribution < 1.29 is 19.0 Å². The van der Waals surface area contributed by atoms with Crippen LogP contribution in [0, 0.1) is 0 Å². The Labute approximate surface area is 109 Å². The van der Waals surface area contributed by atoms with E-state index in [1.807, 2.05) is 18.2 Å². The molecule has 0 spiro atoms. The molecule has 0 fully saturated rings. The highest BCUT2D eigenvalue weighted by atomic mass is 16.7. The first-order valence-electron chi connectivity index (χ1n) is 5.71. The molecule has 2 heterocycles. The van der Waals surface area contributed by atoms with E-state index in [-0.39, 0.29) is 12.5 Å². The van der Waals surface area contributed by atoms with Crippen LogP contribution in [-0.4, -0.2) is 29.7 Å². The second-order valence-electron chi connectivity index (χ2n) is 4.10. The smallest absolute Gasteiger partial charge is 0.358 e. The molecule has 0 N–H and O–H groups in total. The molecule has 6 nitrogen and oxygen atoms in total. The van der Waals surface area contributed by atoms with E-state index >= 15 is 0 Å². The topological polar surface area (TPSA) is 62.6 Å². The Hall–Kier alpha value is -2.50. The minimum Gasteiger partial charge on any atom is -0.464 e. The predicted octanol–water partition coefficient (Wildman–Crippen LogP) is 1.60. The standard InChI is InChI=1S/C13H12N2O4/c1-15-10(6-9(14-15)13(16)17-2)8-3-4-11-12(5-8)19-7-18-11/h3-6H,7H2,1-2H3. The number of aromatic nitrogens is 2. The summed E-state index contributed by atoms with van der Waals surface area (Å²) < 4.78 is 16.9. The maximum Gasteiger partial charge on any atom is 0.358 e. The molecule has 2 aromatic rings. The van der Waals surface area contributed by atoms with Crippen molar-refractivity contribution in [2.75, 3.05) is 13.9 Å². The molecular weight excluding hydrogens is 248 g/mol. The van der Waals surface area contributed by atoms with Crippen LogP contribution in [0.4, 0.5) is 0 Å². The minimum absolute atomic E-state index is 0.234. The third-order valence-corrected chi connectivity index (χ3v) is 2.94. The highest BCUT2D eigenvalue weighted by Crippen LogP contribution is 2.35. The van der Waals surface area contributed by atoms with E-state index in [0.29, 0.717) is 5.75 Å². The second kappa shape index (κ2) is 4.31. The van der Waals surface area contributed by atoms with Crippen LogP contribution in [0.15, 0.2) is 24.3 Å². The van der Waals surface area contributed by atoms with Gasteiger partial charge in [-0.05, 0) is 24.3 Å². The van der Waals surface area contributed by atoms with Gasteiger partial charge in [0.1, 0.15) is 0 Å². The highest BCUT2D eigenvalue weighted by molar-refractivity contribution is 5.88. The Bertz CT molecular complexity index is 648. The lowest BCUT2D eigenvalue weighted by atomic mass is 10.1. The van der Waals surface area contributed by atoms with Crippen molar-refractivity contribution in [1.82, 2.24) is 9.78 Å². The Morgan fingerprint density at radius 3 is 2.89 bits per heavy atom. The summed E-state index contributed by atoms with van der Waals surface area (Å²) in [6.45, 7) is 0.234. The predicted molar refractivity (Wildman–Crippen MR) is 66.1 cm³/mol. The molecule has 1 aliphatic heterocycles. The van der Waals surface area contributed by atoms with Gasteiger partial charge in [0.25, 0.3) is 0 Å². The van der Waals surface area contributed by atoms with Crippen LogP contribution < -0.4 is 9.47 Å². The number of benzene rings is 1. The van der Waals surface area contributed by atoms with Crippen LogP contribution in [0.5, 0.6) is 11.5 Å². The summed E-state index contributed by atoms with van der Waals surface area (Å²) in [6, 6.07) is 7.28. The second-order valence-corrected chi connectivity index (χ2v) is 4.10. The van der Waals surface area contributed by atoms with Crippen LogP contribution in [-0.2, 0) is 11.8 Å². The van der Waals surface area contributed by atoms with Crippen LogP contribution >= 0.6 is 0 Å². The van der Waals surface area contributed by atoms with E-state index in [2.05, 4.69) is 9.84 Å². The third kappa shape index (κ3) is 1.91. The summed E-state index contributed by atoms with van der Waals surface area (Å²) >= 11 is 0. The molecule has 19 heavy (non-hydrogen) atoms. The van der Waals surface area contributed by atoms with Gasteiger partial charge in [-0.15, -0.1) is 0 Å². The number of rotatable bonds is 2. The van der Waals surface area contributed by atoms with Crippen LogP contribution in [0.3, 0.4) is 0 Å². The summed E-state index contributed by atoms with van der Waals surface area (Å²) in [6.07, 6.45) is 0. The number of hydrogen-bond donors (Lipinski definition) is 0. The molecule has 0 unspecified atom stereocenters. The van der Waals surface area contributed by atoms with Crippen molar-refractivity contribution in [3.05, 3.63) is 30.0 Å². The first-order chi connectivity index (χ1) is 9.19. The molecule has 0 saturated heterocycles. The number of nitrogens with zero attached hydrogens (tertiary/aromatic N) is 2. The lowest BCUT2D eigenvalue weighted by molar-refractivity contribution is 0.0593. The first kappa shape index (κ1) is 11.6. The number of esters is 1. The number of carbonyl (C=O) groups is 1. The molecule has 0 radical (unpaired) electrons. The van der Waals surface area contributed by atoms with Gasteiger partial charge in [-0.1, -0.05) is 0 Å². The van der Waals surface area contributed by atoms with Gasteiger partial charge < -0.3 is 14.2 Å². The highest BCUT2D eigenvalue weighted by Gasteiger charge is 2.18. The number of ether oxygens (including phenoxy) is 3. The molecule has 1 aromatic heterocycles. The summed E-state index contributed by atoms with van der Waals surface area (Å²) in [5.41, 5.74) is 1.98. The first-order valence-corrected chi connectivity index (χ1v) is 5.71. The number of hydrogen-bond acceptors (Lipinski definition) is 5. The van der Waals surface area contributed by atoms with Crippen molar-refractivity contribution in [3.8, 4) is 22.8 Å². The molecular formula is C13H12N2O4. The number of aryl methyl sites for hydroxylation is 1. The zero-order chi connectivity index (χ0) is 13.4. The number of fused-ring (bicyclic) bond motifs is 1. The van der Waals surface area contributed by atoms with Crippen molar-refractivity contribution in [2.24, 2.45) is 7.05 Å². The van der Waals surface area contributed by atoms with E-state index in [1.165, 1.54) is 7.11 Å². The summed E-state index contributed by atoms with van der Waals surface area (Å²) in [4.78, 5) is 11.5. The Morgan fingerprint density at radius 1 is 1.32 bits per heavy atom. The van der Waals surface area contributed by atoms with Crippen molar-refractivity contribution in [1.29, 1.82) is 0 Å². The largest absolute Gasteiger partial charge is 0.464 e. The fourth-order valence-corrected chi connectivity index (χ4v) is 2.00. The van der Waals surface area contributed by atoms with Gasteiger partial charge >= 0.3 is 5.97 Å². The molecule has 1 aliphatic rings. The lowest BCUT2D eigenvalue weighted by Gasteiger charge is -2.03. The fraction of sp³-hybridized carbons (Fsp3) is 0.231. The molecule has 0 atom stereocenters. The molecule has 1 aromatic carbocycles. The van der Waals surface area contributed by atoms with Crippen LogP contribution in [0.25, 0.3) is 11.3 Å². The lowest BCUT2D eigenvalue weighted by Crippen LogP contribution is -2.02. The SMILES string of the molecule is COC(=O)c1cc(-c2ccc3c(c2)OCO3)n(C)n1. The molecule has 98 valence electrons. The van der Waals surface area contributed by atoms with Crippen LogP contribution in [0.2, 0.25) is 0 Å². The van der Waals surface area contributed by atoms with Gasteiger partial charge in [0.2, 0.25) is 6.79 Å². The van der Waals surface area contributed by atoms with Crippen LogP contribution in [0.1, 0.15) is 10.5 Å². The molecule has 0 amide bonds. The molecule has 0 aliphatic carbocycles. The van der Waals surface area contributed by atoms with E-state index in [1.54, 1.807) is 17.8 Å². The van der Waals surface area contributed by atoms with Crippen molar-refractivity contribution in [3.63, 3.8) is 0 Å². The number of carbonyl (C=O) groups excluding carboxylic acids is 1. The molecule has 0 bridgehead atoms. The van der Waals surface area contributed by atoms with Gasteiger partial charge in [-0.3, -0.25) is 4.68 Å². The Kier molecular flexibility index (Phi) is 2.63. The molecule has 6 heteroatoms. The average molecular weight is 260 g/mol. The van der Waals surface area contributed by atoms with Gasteiger partial charge in [0.05, 0.1) is 12.8 Å². The van der Waals surface area contributed by atoms with Gasteiger partial charge in [-0.25, -0.2) is 4.79 Å². The third-order valence-electron chi connectivity index (χ3n) is 2.94. The van der Waals surface area contributed by atoms with E-state index < -0.39 is 5.97 Å². The van der Waals surface area contributed by atoms with E-state index in [9.17, 15) is 4.79 Å². The van der Waals surface area contributed by atoms with Gasteiger partial charge in [0, 0.05) is 12.6 Å². The quantitative estimate of drug-likeness (QED) is 0.767. The summed E-state index contributed by atoms with van der Waals surface area (Å²) in [7, 11) is 3.10. The normalized spacial score (nSPS) is 12.5. The van der Waals surface area contributed by atoms with Gasteiger partial charge in [-0.2, -0.15) is 5.10 Å². The maximum atomic E-state index is 11.5. The fourth-order valence-electron chi connectivity index (χ4n) is 2.00. The Balaban J connectivity index is 2.02. The number of methoxy groups -OCH3 is 1. The van der Waals surface area contributed by atoms with Crippen molar-refractivity contribution >= 4 is 5.97 Å². The summed E-state index contributed by atoms with van der Waals surface area (Å²) in [5, 5.41) is 4.12. The van der Waals surface area contributed by atoms with E-state index in [0.717, 1.165) is 17.0 Å². The molecule has 0 saturated carbocycles. The maximum absolute atomic E-state index is 11.5. The monoisotopic (exact) mass is 260 g/mol. The minimum atomic E-state index is -0.456. The zero-order valence-corrected chi connectivity index (χ0v) is 10.5. The van der Waals surface area contributed by atoms with Crippen molar-refractivity contribution in [2.45, 2.75) is 0 Å². The molecule has 3 rings (SSSR count). The summed E-state index contributed by atoms with van der Waals surface area (Å²) in [5.74, 6) is 0.958. The average Bonchev–Trinajstić information content (AvgIpc) is 3.03. The van der Waals surface area contributed by atoms with E-state index in [4.69, 9.17) is 9.47 Å². The zero-order valence-electron chi connectivity index (χ0n) is 10.5. The van der Waals surface area contributed by atoms with Gasteiger partial charge in [0.15, 0.2) is 17.2 Å².